The number of ether oxygens (including phenoxy) is 1. The van der Waals surface area contributed by atoms with E-state index in [1.54, 1.807) is 0 Å². The molecule has 2 heteroatoms. The van der Waals surface area contributed by atoms with Gasteiger partial charge in [0.2, 0.25) is 0 Å². The first-order valence-electron chi connectivity index (χ1n) is 5.63. The molecule has 1 spiro atoms. The van der Waals surface area contributed by atoms with E-state index in [0.29, 0.717) is 5.60 Å². The van der Waals surface area contributed by atoms with E-state index in [-0.39, 0.29) is 0 Å². The largest absolute Gasteiger partial charge is 0.372 e. The van der Waals surface area contributed by atoms with Gasteiger partial charge in [0, 0.05) is 19.7 Å². The summed E-state index contributed by atoms with van der Waals surface area (Å²) in [4.78, 5) is 2.32. The minimum Gasteiger partial charge on any atom is -0.372 e. The first-order valence-corrected chi connectivity index (χ1v) is 5.63. The van der Waals surface area contributed by atoms with E-state index in [0.717, 1.165) is 19.7 Å². The number of hydrogen-bond acceptors (Lipinski definition) is 2. The van der Waals surface area contributed by atoms with Crippen molar-refractivity contribution in [3.05, 3.63) is 13.2 Å². The third-order valence-corrected chi connectivity index (χ3v) is 2.55. The lowest BCUT2D eigenvalue weighted by molar-refractivity contribution is -0.158. The molecule has 0 radical (unpaired) electrons. The lowest BCUT2D eigenvalue weighted by Crippen LogP contribution is -2.62. The number of nitrogens with zero attached hydrogens (tertiary/aromatic N) is 1. The third kappa shape index (κ3) is 3.43. The Hall–Kier alpha value is -0.340. The maximum absolute atomic E-state index is 5.73. The minimum absolute atomic E-state index is 0.299. The summed E-state index contributed by atoms with van der Waals surface area (Å²) in [7, 11) is 2.16. The molecule has 2 nitrogen and oxygen atoms in total. The third-order valence-electron chi connectivity index (χ3n) is 2.55. The molecule has 0 aromatic heterocycles. The van der Waals surface area contributed by atoms with Crippen molar-refractivity contribution in [2.24, 2.45) is 0 Å². The Kier molecular flexibility index (Phi) is 6.85. The van der Waals surface area contributed by atoms with Gasteiger partial charge in [-0.25, -0.2) is 0 Å². The predicted molar refractivity (Wildman–Crippen MR) is 62.6 cm³/mol. The lowest BCUT2D eigenvalue weighted by atomic mass is 9.87. The molecule has 0 aromatic carbocycles. The molecule has 2 fully saturated rings. The van der Waals surface area contributed by atoms with E-state index < -0.39 is 0 Å². The van der Waals surface area contributed by atoms with E-state index in [9.17, 15) is 0 Å². The highest BCUT2D eigenvalue weighted by Crippen LogP contribution is 2.32. The van der Waals surface area contributed by atoms with Crippen molar-refractivity contribution in [1.82, 2.24) is 4.90 Å². The topological polar surface area (TPSA) is 12.5 Å². The standard InChI is InChI=1S/C8H15NO.C2H6.C2H4/c1-9-6-8(7-9)4-2-3-5-10-8;2*1-2/h2-7H2,1H3;1-2H3;1-2H2. The number of likely N-dealkylation sites (N-methyl/N-ethyl adjacent to an activating group) is 1. The Morgan fingerprint density at radius 2 is 1.71 bits per heavy atom. The van der Waals surface area contributed by atoms with Crippen LogP contribution in [0.4, 0.5) is 0 Å². The van der Waals surface area contributed by atoms with Crippen LogP contribution in [0.25, 0.3) is 0 Å². The number of hydrogen-bond donors (Lipinski definition) is 0. The molecule has 0 unspecified atom stereocenters. The summed E-state index contributed by atoms with van der Waals surface area (Å²) in [5.41, 5.74) is 0.299. The first kappa shape index (κ1) is 13.7. The van der Waals surface area contributed by atoms with Crippen molar-refractivity contribution >= 4 is 0 Å². The number of rotatable bonds is 0. The second-order valence-corrected chi connectivity index (χ2v) is 3.66. The summed E-state index contributed by atoms with van der Waals surface area (Å²) < 4.78 is 5.73. The van der Waals surface area contributed by atoms with Gasteiger partial charge in [-0.05, 0) is 26.3 Å². The van der Waals surface area contributed by atoms with Crippen LogP contribution in [0.5, 0.6) is 0 Å². The molecular formula is C12H25NO. The van der Waals surface area contributed by atoms with Gasteiger partial charge in [-0.3, -0.25) is 0 Å². The molecule has 2 heterocycles. The second-order valence-electron chi connectivity index (χ2n) is 3.66. The van der Waals surface area contributed by atoms with Crippen LogP contribution in [-0.4, -0.2) is 37.2 Å². The first-order chi connectivity index (χ1) is 6.81. The summed E-state index contributed by atoms with van der Waals surface area (Å²) in [5, 5.41) is 0. The zero-order valence-corrected chi connectivity index (χ0v) is 10.0. The molecule has 0 aliphatic carbocycles. The highest BCUT2D eigenvalue weighted by atomic mass is 16.5. The molecule has 2 rings (SSSR count). The van der Waals surface area contributed by atoms with Crippen LogP contribution < -0.4 is 0 Å². The Labute approximate surface area is 88.9 Å². The second kappa shape index (κ2) is 7.02. The van der Waals surface area contributed by atoms with Gasteiger partial charge in [0.15, 0.2) is 0 Å². The van der Waals surface area contributed by atoms with E-state index in [4.69, 9.17) is 4.74 Å². The van der Waals surface area contributed by atoms with Crippen molar-refractivity contribution in [3.63, 3.8) is 0 Å². The maximum Gasteiger partial charge on any atom is 0.0934 e. The summed E-state index contributed by atoms with van der Waals surface area (Å²) in [6.07, 6.45) is 3.93. The van der Waals surface area contributed by atoms with E-state index in [1.807, 2.05) is 13.8 Å². The van der Waals surface area contributed by atoms with Crippen molar-refractivity contribution in [2.75, 3.05) is 26.7 Å². The van der Waals surface area contributed by atoms with Gasteiger partial charge in [0.05, 0.1) is 5.60 Å². The fourth-order valence-electron chi connectivity index (χ4n) is 2.10. The average Bonchev–Trinajstić information content (AvgIpc) is 2.23. The van der Waals surface area contributed by atoms with Gasteiger partial charge in [-0.2, -0.15) is 0 Å². The molecule has 0 aromatic rings. The van der Waals surface area contributed by atoms with Gasteiger partial charge in [0.1, 0.15) is 0 Å². The van der Waals surface area contributed by atoms with Crippen molar-refractivity contribution in [1.29, 1.82) is 0 Å². The Bertz CT molecular complexity index is 126. The van der Waals surface area contributed by atoms with Crippen molar-refractivity contribution in [2.45, 2.75) is 38.7 Å². The van der Waals surface area contributed by atoms with Crippen LogP contribution >= 0.6 is 0 Å². The SMILES string of the molecule is C=C.CC.CN1CC2(CCCCO2)C1. The molecule has 0 bridgehead atoms. The average molecular weight is 199 g/mol. The molecule has 0 N–H and O–H groups in total. The quantitative estimate of drug-likeness (QED) is 0.556. The van der Waals surface area contributed by atoms with Crippen LogP contribution in [0.15, 0.2) is 13.2 Å². The van der Waals surface area contributed by atoms with Gasteiger partial charge in [-0.15, -0.1) is 13.2 Å². The van der Waals surface area contributed by atoms with Gasteiger partial charge in [-0.1, -0.05) is 13.8 Å². The van der Waals surface area contributed by atoms with Gasteiger partial charge < -0.3 is 9.64 Å². The fourth-order valence-corrected chi connectivity index (χ4v) is 2.10. The fraction of sp³-hybridized carbons (Fsp3) is 0.833. The Morgan fingerprint density at radius 1 is 1.14 bits per heavy atom. The highest BCUT2D eigenvalue weighted by Gasteiger charge is 2.42. The van der Waals surface area contributed by atoms with Crippen LogP contribution in [0.3, 0.4) is 0 Å². The van der Waals surface area contributed by atoms with Crippen LogP contribution in [0, 0.1) is 0 Å². The van der Waals surface area contributed by atoms with Crippen LogP contribution in [-0.2, 0) is 4.74 Å². The van der Waals surface area contributed by atoms with Crippen LogP contribution in [0.2, 0.25) is 0 Å². The Morgan fingerprint density at radius 3 is 2.07 bits per heavy atom. The maximum atomic E-state index is 5.73. The summed E-state index contributed by atoms with van der Waals surface area (Å²) >= 11 is 0. The zero-order valence-electron chi connectivity index (χ0n) is 10.0. The molecule has 0 saturated carbocycles. The molecule has 84 valence electrons. The smallest absolute Gasteiger partial charge is 0.0934 e. The van der Waals surface area contributed by atoms with E-state index in [1.165, 1.54) is 19.3 Å². The molecule has 2 aliphatic rings. The van der Waals surface area contributed by atoms with Crippen molar-refractivity contribution < 1.29 is 4.74 Å². The van der Waals surface area contributed by atoms with E-state index in [2.05, 4.69) is 25.1 Å². The molecule has 2 saturated heterocycles. The molecular weight excluding hydrogens is 174 g/mol. The normalized spacial score (nSPS) is 23.6. The highest BCUT2D eigenvalue weighted by molar-refractivity contribution is 4.96. The zero-order chi connectivity index (χ0) is 11.0. The molecule has 2 aliphatic heterocycles. The van der Waals surface area contributed by atoms with E-state index >= 15 is 0 Å². The summed E-state index contributed by atoms with van der Waals surface area (Å²) in [5.74, 6) is 0. The molecule has 14 heavy (non-hydrogen) atoms. The van der Waals surface area contributed by atoms with Gasteiger partial charge in [0.25, 0.3) is 0 Å². The van der Waals surface area contributed by atoms with Gasteiger partial charge >= 0.3 is 0 Å². The summed E-state index contributed by atoms with van der Waals surface area (Å²) in [6.45, 7) is 13.3. The number of likely N-dealkylation sites (tertiary alicyclic amines) is 1. The molecule has 0 atom stereocenters. The molecule has 0 amide bonds. The lowest BCUT2D eigenvalue weighted by Gasteiger charge is -2.50. The Balaban J connectivity index is 0.000000379. The van der Waals surface area contributed by atoms with Crippen molar-refractivity contribution in [3.8, 4) is 0 Å². The predicted octanol–water partition coefficient (Wildman–Crippen LogP) is 2.70. The van der Waals surface area contributed by atoms with Crippen LogP contribution in [0.1, 0.15) is 33.1 Å². The monoisotopic (exact) mass is 199 g/mol. The summed E-state index contributed by atoms with van der Waals surface area (Å²) in [6, 6.07) is 0. The minimum atomic E-state index is 0.299.